The SMILES string of the molecule is Cl.O=C(N[C@@H](Cc1ccccc1)C(=O)Cc1ccc(C2CC2NCc2ccccc2)cc1)OCc1ccccc1. The molecule has 3 atom stereocenters. The lowest BCUT2D eigenvalue weighted by Crippen LogP contribution is -2.43. The Bertz CT molecular complexity index is 1350. The number of alkyl carbamates (subject to hydrolysis) is 1. The lowest BCUT2D eigenvalue weighted by molar-refractivity contribution is -0.120. The molecule has 0 radical (unpaired) electrons. The van der Waals surface area contributed by atoms with Crippen molar-refractivity contribution in [2.75, 3.05) is 0 Å². The highest BCUT2D eigenvalue weighted by Crippen LogP contribution is 2.41. The van der Waals surface area contributed by atoms with Crippen LogP contribution in [0.25, 0.3) is 0 Å². The zero-order valence-corrected chi connectivity index (χ0v) is 23.2. The van der Waals surface area contributed by atoms with Crippen LogP contribution in [0.15, 0.2) is 115 Å². The highest BCUT2D eigenvalue weighted by atomic mass is 35.5. The second-order valence-electron chi connectivity index (χ2n) is 10.1. The second-order valence-corrected chi connectivity index (χ2v) is 10.1. The lowest BCUT2D eigenvalue weighted by Gasteiger charge is -2.18. The van der Waals surface area contributed by atoms with Gasteiger partial charge in [0, 0.05) is 24.9 Å². The number of nitrogens with one attached hydrogen (secondary N) is 2. The number of halogens is 1. The minimum atomic E-state index is -0.676. The summed E-state index contributed by atoms with van der Waals surface area (Å²) in [5, 5.41) is 6.45. The maximum Gasteiger partial charge on any atom is 0.408 e. The van der Waals surface area contributed by atoms with Gasteiger partial charge < -0.3 is 15.4 Å². The number of carbonyl (C=O) groups is 2. The minimum absolute atomic E-state index is 0. The van der Waals surface area contributed by atoms with Gasteiger partial charge in [-0.15, -0.1) is 12.4 Å². The third-order valence-electron chi connectivity index (χ3n) is 7.16. The molecule has 2 unspecified atom stereocenters. The van der Waals surface area contributed by atoms with E-state index in [1.807, 2.05) is 78.9 Å². The van der Waals surface area contributed by atoms with E-state index < -0.39 is 12.1 Å². The van der Waals surface area contributed by atoms with E-state index in [-0.39, 0.29) is 31.2 Å². The molecule has 0 aliphatic heterocycles. The van der Waals surface area contributed by atoms with Gasteiger partial charge >= 0.3 is 6.09 Å². The molecule has 206 valence electrons. The van der Waals surface area contributed by atoms with Crippen LogP contribution in [-0.2, 0) is 35.5 Å². The van der Waals surface area contributed by atoms with E-state index in [0.29, 0.717) is 18.4 Å². The van der Waals surface area contributed by atoms with Crippen molar-refractivity contribution in [2.45, 2.75) is 50.4 Å². The van der Waals surface area contributed by atoms with E-state index >= 15 is 0 Å². The van der Waals surface area contributed by atoms with Crippen LogP contribution in [0.1, 0.15) is 40.2 Å². The van der Waals surface area contributed by atoms with Crippen LogP contribution in [0.5, 0.6) is 0 Å². The molecular formula is C34H35ClN2O3. The van der Waals surface area contributed by atoms with Gasteiger partial charge in [0.1, 0.15) is 6.61 Å². The fourth-order valence-corrected chi connectivity index (χ4v) is 4.84. The molecule has 5 nitrogen and oxygen atoms in total. The average Bonchev–Trinajstić information content (AvgIpc) is 3.76. The molecule has 40 heavy (non-hydrogen) atoms. The number of ketones is 1. The molecule has 1 aliphatic rings. The van der Waals surface area contributed by atoms with Crippen molar-refractivity contribution in [3.8, 4) is 0 Å². The van der Waals surface area contributed by atoms with Gasteiger partial charge in [0.05, 0.1) is 6.04 Å². The predicted octanol–water partition coefficient (Wildman–Crippen LogP) is 6.40. The molecule has 1 saturated carbocycles. The third kappa shape index (κ3) is 8.54. The molecule has 0 aromatic heterocycles. The highest BCUT2D eigenvalue weighted by molar-refractivity contribution is 5.89. The van der Waals surface area contributed by atoms with Gasteiger partial charge in [0.25, 0.3) is 0 Å². The number of hydrogen-bond donors (Lipinski definition) is 2. The first-order valence-corrected chi connectivity index (χ1v) is 13.5. The number of ether oxygens (including phenoxy) is 1. The summed E-state index contributed by atoms with van der Waals surface area (Å²) in [7, 11) is 0. The number of Topliss-reactive ketones (excluding diaryl/α,β-unsaturated/α-hetero) is 1. The number of benzene rings is 4. The monoisotopic (exact) mass is 554 g/mol. The van der Waals surface area contributed by atoms with Gasteiger partial charge in [-0.2, -0.15) is 0 Å². The maximum absolute atomic E-state index is 13.3. The number of amides is 1. The van der Waals surface area contributed by atoms with Gasteiger partial charge in [0.15, 0.2) is 5.78 Å². The Morgan fingerprint density at radius 1 is 0.725 bits per heavy atom. The van der Waals surface area contributed by atoms with Crippen molar-refractivity contribution >= 4 is 24.3 Å². The summed E-state index contributed by atoms with van der Waals surface area (Å²) in [6, 6.07) is 37.8. The summed E-state index contributed by atoms with van der Waals surface area (Å²) in [5.41, 5.74) is 5.40. The number of carbonyl (C=O) groups excluding carboxylic acids is 2. The van der Waals surface area contributed by atoms with E-state index in [4.69, 9.17) is 4.74 Å². The van der Waals surface area contributed by atoms with Crippen molar-refractivity contribution < 1.29 is 14.3 Å². The first kappa shape index (κ1) is 29.1. The maximum atomic E-state index is 13.3. The van der Waals surface area contributed by atoms with Crippen molar-refractivity contribution in [2.24, 2.45) is 0 Å². The fraction of sp³-hybridized carbons (Fsp3) is 0.235. The molecule has 0 spiro atoms. The normalized spacial score (nSPS) is 16.3. The Balaban J connectivity index is 0.00000370. The van der Waals surface area contributed by atoms with Gasteiger partial charge in [-0.3, -0.25) is 4.79 Å². The van der Waals surface area contributed by atoms with Crippen LogP contribution >= 0.6 is 12.4 Å². The Morgan fingerprint density at radius 3 is 1.93 bits per heavy atom. The van der Waals surface area contributed by atoms with Crippen LogP contribution < -0.4 is 10.6 Å². The Labute approximate surface area is 242 Å². The molecule has 4 aromatic rings. The Hall–Kier alpha value is -3.93. The average molecular weight is 555 g/mol. The Kier molecular flexibility index (Phi) is 10.5. The van der Waals surface area contributed by atoms with Gasteiger partial charge in [-0.1, -0.05) is 115 Å². The van der Waals surface area contributed by atoms with Crippen LogP contribution in [0.4, 0.5) is 4.79 Å². The zero-order valence-electron chi connectivity index (χ0n) is 22.4. The van der Waals surface area contributed by atoms with E-state index in [2.05, 4.69) is 47.0 Å². The smallest absolute Gasteiger partial charge is 0.408 e. The summed E-state index contributed by atoms with van der Waals surface area (Å²) < 4.78 is 5.40. The van der Waals surface area contributed by atoms with E-state index in [1.165, 1.54) is 11.1 Å². The second kappa shape index (κ2) is 14.5. The largest absolute Gasteiger partial charge is 0.445 e. The van der Waals surface area contributed by atoms with Crippen molar-refractivity contribution in [3.05, 3.63) is 143 Å². The first-order chi connectivity index (χ1) is 19.1. The molecule has 1 aliphatic carbocycles. The molecule has 0 bridgehead atoms. The topological polar surface area (TPSA) is 67.4 Å². The van der Waals surface area contributed by atoms with Crippen molar-refractivity contribution in [1.29, 1.82) is 0 Å². The quantitative estimate of drug-likeness (QED) is 0.212. The van der Waals surface area contributed by atoms with Crippen LogP contribution in [0.2, 0.25) is 0 Å². The summed E-state index contributed by atoms with van der Waals surface area (Å²) in [4.78, 5) is 25.9. The third-order valence-corrected chi connectivity index (χ3v) is 7.16. The van der Waals surface area contributed by atoms with Crippen molar-refractivity contribution in [3.63, 3.8) is 0 Å². The first-order valence-electron chi connectivity index (χ1n) is 13.5. The van der Waals surface area contributed by atoms with Gasteiger partial charge in [-0.05, 0) is 40.7 Å². The van der Waals surface area contributed by atoms with E-state index in [1.54, 1.807) is 0 Å². The summed E-state index contributed by atoms with van der Waals surface area (Å²) in [6.45, 7) is 1.03. The minimum Gasteiger partial charge on any atom is -0.445 e. The summed E-state index contributed by atoms with van der Waals surface area (Å²) in [5.74, 6) is 0.461. The highest BCUT2D eigenvalue weighted by Gasteiger charge is 2.37. The van der Waals surface area contributed by atoms with Crippen molar-refractivity contribution in [1.82, 2.24) is 10.6 Å². The molecule has 5 rings (SSSR count). The zero-order chi connectivity index (χ0) is 26.9. The van der Waals surface area contributed by atoms with Gasteiger partial charge in [-0.25, -0.2) is 4.79 Å². The molecule has 2 N–H and O–H groups in total. The van der Waals surface area contributed by atoms with Crippen LogP contribution in [-0.4, -0.2) is 24.0 Å². The standard InChI is InChI=1S/C34H34N2O3.ClH/c37-33(21-26-16-18-29(19-17-26)30-22-31(30)35-23-27-12-6-2-7-13-27)32(20-25-10-4-1-5-11-25)36-34(38)39-24-28-14-8-3-9-15-28;/h1-19,30-32,35H,20-24H2,(H,36,38);1H/t30?,31?,32-;/m0./s1. The molecule has 4 aromatic carbocycles. The summed E-state index contributed by atoms with van der Waals surface area (Å²) in [6.07, 6.45) is 1.19. The molecule has 0 saturated heterocycles. The van der Waals surface area contributed by atoms with Gasteiger partial charge in [0.2, 0.25) is 0 Å². The molecule has 0 heterocycles. The molecule has 1 fully saturated rings. The van der Waals surface area contributed by atoms with E-state index in [9.17, 15) is 9.59 Å². The molecular weight excluding hydrogens is 520 g/mol. The molecule has 6 heteroatoms. The molecule has 1 amide bonds. The fourth-order valence-electron chi connectivity index (χ4n) is 4.84. The van der Waals surface area contributed by atoms with Crippen LogP contribution in [0, 0.1) is 0 Å². The predicted molar refractivity (Wildman–Crippen MR) is 161 cm³/mol. The van der Waals surface area contributed by atoms with Crippen LogP contribution in [0.3, 0.4) is 0 Å². The van der Waals surface area contributed by atoms with E-state index in [0.717, 1.165) is 29.7 Å². The number of rotatable bonds is 12. The Morgan fingerprint density at radius 2 is 1.30 bits per heavy atom. The summed E-state index contributed by atoms with van der Waals surface area (Å²) >= 11 is 0. The number of hydrogen-bond acceptors (Lipinski definition) is 4. The lowest BCUT2D eigenvalue weighted by atomic mass is 9.97.